The Kier molecular flexibility index (Phi) is 4.62. The highest BCUT2D eigenvalue weighted by Crippen LogP contribution is 2.38. The van der Waals surface area contributed by atoms with Crippen molar-refractivity contribution in [2.45, 2.75) is 24.7 Å². The number of esters is 1. The van der Waals surface area contributed by atoms with E-state index >= 15 is 0 Å². The fourth-order valence-corrected chi connectivity index (χ4v) is 4.06. The molecule has 0 saturated carbocycles. The van der Waals surface area contributed by atoms with Crippen LogP contribution in [0.4, 0.5) is 5.69 Å². The average molecular weight is 412 g/mol. The van der Waals surface area contributed by atoms with Gasteiger partial charge in [0.05, 0.1) is 17.2 Å². The lowest BCUT2D eigenvalue weighted by atomic mass is 9.88. The number of nitrogens with zero attached hydrogens (tertiary/aromatic N) is 3. The molecule has 1 aliphatic rings. The number of pyridine rings is 1. The van der Waals surface area contributed by atoms with Crippen molar-refractivity contribution in [1.29, 1.82) is 0 Å². The molecule has 0 radical (unpaired) electrons. The molecule has 29 heavy (non-hydrogen) atoms. The van der Waals surface area contributed by atoms with Crippen LogP contribution in [0.2, 0.25) is 0 Å². The molecular formula is C20H20N4O4S. The number of benzene rings is 1. The van der Waals surface area contributed by atoms with Gasteiger partial charge >= 0.3 is 5.97 Å². The number of anilines is 1. The summed E-state index contributed by atoms with van der Waals surface area (Å²) in [6.45, 7) is 1.98. The van der Waals surface area contributed by atoms with Gasteiger partial charge in [-0.15, -0.1) is 0 Å². The third-order valence-electron chi connectivity index (χ3n) is 4.85. The Morgan fingerprint density at radius 3 is 2.69 bits per heavy atom. The first kappa shape index (κ1) is 19.1. The molecule has 0 aliphatic heterocycles. The lowest BCUT2D eigenvalue weighted by Gasteiger charge is -2.19. The number of sulfone groups is 1. The summed E-state index contributed by atoms with van der Waals surface area (Å²) >= 11 is 0. The molecule has 150 valence electrons. The lowest BCUT2D eigenvalue weighted by Crippen LogP contribution is -2.11. The highest BCUT2D eigenvalue weighted by Gasteiger charge is 2.30. The SMILES string of the molecule is CCOC(=O)c1nn(-c2ccc(S(C)(=O)=O)cn2)c2c1CCc1ccc(N)cc1-2. The maximum absolute atomic E-state index is 12.5. The Morgan fingerprint density at radius 1 is 1.24 bits per heavy atom. The Balaban J connectivity index is 1.94. The number of aryl methyl sites for hydroxylation is 1. The van der Waals surface area contributed by atoms with Gasteiger partial charge < -0.3 is 10.5 Å². The van der Waals surface area contributed by atoms with Gasteiger partial charge in [0.25, 0.3) is 0 Å². The van der Waals surface area contributed by atoms with Crippen LogP contribution in [0.1, 0.15) is 28.5 Å². The van der Waals surface area contributed by atoms with Gasteiger partial charge in [0, 0.05) is 29.3 Å². The van der Waals surface area contributed by atoms with Gasteiger partial charge in [-0.2, -0.15) is 5.10 Å². The monoisotopic (exact) mass is 412 g/mol. The van der Waals surface area contributed by atoms with Crippen LogP contribution in [0.3, 0.4) is 0 Å². The van der Waals surface area contributed by atoms with E-state index in [9.17, 15) is 13.2 Å². The van der Waals surface area contributed by atoms with E-state index in [0.29, 0.717) is 17.9 Å². The number of carbonyl (C=O) groups is 1. The molecule has 4 rings (SSSR count). The molecule has 9 heteroatoms. The first-order valence-corrected chi connectivity index (χ1v) is 11.0. The maximum Gasteiger partial charge on any atom is 0.359 e. The van der Waals surface area contributed by atoms with Gasteiger partial charge in [0.15, 0.2) is 21.3 Å². The van der Waals surface area contributed by atoms with Crippen molar-refractivity contribution in [3.63, 3.8) is 0 Å². The Morgan fingerprint density at radius 2 is 2.03 bits per heavy atom. The largest absolute Gasteiger partial charge is 0.461 e. The third-order valence-corrected chi connectivity index (χ3v) is 5.95. The summed E-state index contributed by atoms with van der Waals surface area (Å²) in [5.41, 5.74) is 10.3. The summed E-state index contributed by atoms with van der Waals surface area (Å²) in [5.74, 6) is -0.0953. The minimum Gasteiger partial charge on any atom is -0.461 e. The van der Waals surface area contributed by atoms with Crippen LogP contribution in [0.5, 0.6) is 0 Å². The zero-order valence-electron chi connectivity index (χ0n) is 16.0. The molecule has 1 aliphatic carbocycles. The standard InChI is InChI=1S/C20H20N4O4S/c1-3-28-20(25)18-15-8-5-12-4-6-13(21)10-16(12)19(15)24(23-18)17-9-7-14(11-22-17)29(2,26)27/h4,6-7,9-11H,3,5,8,21H2,1-2H3. The number of ether oxygens (including phenoxy) is 1. The molecule has 1 aromatic carbocycles. The highest BCUT2D eigenvalue weighted by molar-refractivity contribution is 7.90. The van der Waals surface area contributed by atoms with E-state index in [-0.39, 0.29) is 17.2 Å². The minimum atomic E-state index is -3.37. The van der Waals surface area contributed by atoms with Crippen LogP contribution < -0.4 is 5.73 Å². The van der Waals surface area contributed by atoms with Crippen LogP contribution in [-0.2, 0) is 27.4 Å². The molecule has 2 N–H and O–H groups in total. The van der Waals surface area contributed by atoms with Crippen molar-refractivity contribution in [3.8, 4) is 17.1 Å². The van der Waals surface area contributed by atoms with Crippen LogP contribution in [0, 0.1) is 0 Å². The van der Waals surface area contributed by atoms with Gasteiger partial charge in [-0.3, -0.25) is 0 Å². The van der Waals surface area contributed by atoms with Crippen LogP contribution in [-0.4, -0.2) is 42.0 Å². The summed E-state index contributed by atoms with van der Waals surface area (Å²) in [6.07, 6.45) is 3.78. The number of hydrogen-bond acceptors (Lipinski definition) is 7. The van der Waals surface area contributed by atoms with E-state index < -0.39 is 15.8 Å². The van der Waals surface area contributed by atoms with E-state index in [2.05, 4.69) is 10.1 Å². The quantitative estimate of drug-likeness (QED) is 0.515. The molecule has 2 aromatic heterocycles. The number of hydrogen-bond donors (Lipinski definition) is 1. The first-order valence-electron chi connectivity index (χ1n) is 9.14. The van der Waals surface area contributed by atoms with E-state index in [1.165, 1.54) is 12.3 Å². The summed E-state index contributed by atoms with van der Waals surface area (Å²) < 4.78 is 30.2. The zero-order valence-corrected chi connectivity index (χ0v) is 16.9. The van der Waals surface area contributed by atoms with Crippen molar-refractivity contribution < 1.29 is 17.9 Å². The number of nitrogens with two attached hydrogens (primary N) is 1. The van der Waals surface area contributed by atoms with Crippen molar-refractivity contribution >= 4 is 21.5 Å². The molecule has 0 unspecified atom stereocenters. The second-order valence-corrected chi connectivity index (χ2v) is 8.86. The molecule has 0 fully saturated rings. The van der Waals surface area contributed by atoms with Crippen molar-refractivity contribution in [1.82, 2.24) is 14.8 Å². The fourth-order valence-electron chi connectivity index (χ4n) is 3.50. The van der Waals surface area contributed by atoms with Gasteiger partial charge in [0.1, 0.15) is 0 Å². The van der Waals surface area contributed by atoms with Gasteiger partial charge in [-0.25, -0.2) is 22.9 Å². The second kappa shape index (κ2) is 7.00. The average Bonchev–Trinajstić information content (AvgIpc) is 3.08. The number of nitrogen functional groups attached to an aromatic ring is 1. The van der Waals surface area contributed by atoms with Crippen molar-refractivity contribution in [2.24, 2.45) is 0 Å². The highest BCUT2D eigenvalue weighted by atomic mass is 32.2. The molecule has 0 atom stereocenters. The van der Waals surface area contributed by atoms with E-state index in [0.717, 1.165) is 35.1 Å². The van der Waals surface area contributed by atoms with E-state index in [1.54, 1.807) is 17.7 Å². The molecule has 0 bridgehead atoms. The second-order valence-electron chi connectivity index (χ2n) is 6.85. The predicted molar refractivity (Wildman–Crippen MR) is 108 cm³/mol. The van der Waals surface area contributed by atoms with Gasteiger partial charge in [-0.05, 0) is 49.6 Å². The molecule has 3 aromatic rings. The van der Waals surface area contributed by atoms with Crippen molar-refractivity contribution in [3.05, 3.63) is 53.3 Å². The first-order chi connectivity index (χ1) is 13.8. The smallest absolute Gasteiger partial charge is 0.359 e. The Hall–Kier alpha value is -3.20. The van der Waals surface area contributed by atoms with Crippen LogP contribution in [0.25, 0.3) is 17.1 Å². The normalized spacial score (nSPS) is 12.9. The fraction of sp³-hybridized carbons (Fsp3) is 0.250. The summed E-state index contributed by atoms with van der Waals surface area (Å²) in [6, 6.07) is 8.70. The van der Waals surface area contributed by atoms with E-state index in [1.807, 2.05) is 18.2 Å². The summed E-state index contributed by atoms with van der Waals surface area (Å²) in [5, 5.41) is 4.49. The van der Waals surface area contributed by atoms with E-state index in [4.69, 9.17) is 10.5 Å². The molecule has 0 saturated heterocycles. The van der Waals surface area contributed by atoms with Gasteiger partial charge in [-0.1, -0.05) is 6.07 Å². The zero-order chi connectivity index (χ0) is 20.8. The predicted octanol–water partition coefficient (Wildman–Crippen LogP) is 2.20. The molecule has 0 spiro atoms. The number of aromatic nitrogens is 3. The number of fused-ring (bicyclic) bond motifs is 3. The third kappa shape index (κ3) is 3.38. The topological polar surface area (TPSA) is 117 Å². The maximum atomic E-state index is 12.5. The van der Waals surface area contributed by atoms with Crippen LogP contribution in [0.15, 0.2) is 41.4 Å². The van der Waals surface area contributed by atoms with Gasteiger partial charge in [0.2, 0.25) is 0 Å². The number of carbonyl (C=O) groups excluding carboxylic acids is 1. The summed E-state index contributed by atoms with van der Waals surface area (Å²) in [4.78, 5) is 16.9. The van der Waals surface area contributed by atoms with Crippen LogP contribution >= 0.6 is 0 Å². The molecular weight excluding hydrogens is 392 g/mol. The molecule has 2 heterocycles. The Bertz CT molecular complexity index is 1210. The summed E-state index contributed by atoms with van der Waals surface area (Å²) in [7, 11) is -3.37. The van der Waals surface area contributed by atoms with Crippen molar-refractivity contribution in [2.75, 3.05) is 18.6 Å². The Labute approximate surface area is 168 Å². The molecule has 8 nitrogen and oxygen atoms in total. The number of rotatable bonds is 4. The minimum absolute atomic E-state index is 0.109. The lowest BCUT2D eigenvalue weighted by molar-refractivity contribution is 0.0517. The molecule has 0 amide bonds.